The second-order valence-electron chi connectivity index (χ2n) is 6.51. The summed E-state index contributed by atoms with van der Waals surface area (Å²) in [5, 5.41) is 7.07. The Morgan fingerprint density at radius 1 is 0.893 bits per heavy atom. The van der Waals surface area contributed by atoms with Gasteiger partial charge in [-0.1, -0.05) is 37.3 Å². The Kier molecular flexibility index (Phi) is 6.47. The van der Waals surface area contributed by atoms with Crippen LogP contribution in [-0.4, -0.2) is 12.8 Å². The molecule has 3 rings (SSSR count). The molecule has 0 amide bonds. The number of rotatable bonds is 8. The summed E-state index contributed by atoms with van der Waals surface area (Å²) in [6.45, 7) is 2.77. The van der Waals surface area contributed by atoms with Gasteiger partial charge in [-0.05, 0) is 65.7 Å². The fourth-order valence-corrected chi connectivity index (χ4v) is 2.74. The summed E-state index contributed by atoms with van der Waals surface area (Å²) in [6, 6.07) is 25.4. The van der Waals surface area contributed by atoms with Crippen LogP contribution in [0, 0.1) is 5.41 Å². The molecule has 4 heteroatoms. The zero-order valence-electron chi connectivity index (χ0n) is 15.8. The Labute approximate surface area is 165 Å². The Morgan fingerprint density at radius 2 is 1.46 bits per heavy atom. The van der Waals surface area contributed by atoms with Crippen molar-refractivity contribution >= 4 is 11.9 Å². The van der Waals surface area contributed by atoms with Gasteiger partial charge in [-0.2, -0.15) is 0 Å². The standard InChI is InChI=1S/C24H24N2O2/c1-18(19-5-3-2-4-6-19)17-27-21-11-13-23(14-12-21)28-22-9-7-20(8-10-22)24(26)15-16-25/h2-16,18,25H,17,26H2,1H3/b24-15-,25-16?. The number of hydrogen-bond donors (Lipinski definition) is 2. The molecule has 0 saturated carbocycles. The third-order valence-electron chi connectivity index (χ3n) is 4.38. The summed E-state index contributed by atoms with van der Waals surface area (Å²) in [6.07, 6.45) is 2.72. The minimum absolute atomic E-state index is 0.324. The van der Waals surface area contributed by atoms with E-state index in [2.05, 4.69) is 19.1 Å². The van der Waals surface area contributed by atoms with Gasteiger partial charge in [0, 0.05) is 17.8 Å². The first-order valence-electron chi connectivity index (χ1n) is 9.18. The molecule has 28 heavy (non-hydrogen) atoms. The lowest BCUT2D eigenvalue weighted by Gasteiger charge is -2.14. The maximum atomic E-state index is 7.07. The maximum Gasteiger partial charge on any atom is 0.127 e. The van der Waals surface area contributed by atoms with Gasteiger partial charge in [0.2, 0.25) is 0 Å². The Bertz CT molecular complexity index is 917. The summed E-state index contributed by atoms with van der Waals surface area (Å²) in [7, 11) is 0. The van der Waals surface area contributed by atoms with Crippen LogP contribution in [0.5, 0.6) is 17.2 Å². The molecule has 0 radical (unpaired) electrons. The van der Waals surface area contributed by atoms with Crippen molar-refractivity contribution in [2.24, 2.45) is 5.73 Å². The van der Waals surface area contributed by atoms with Crippen LogP contribution in [0.2, 0.25) is 0 Å². The van der Waals surface area contributed by atoms with Gasteiger partial charge < -0.3 is 20.6 Å². The summed E-state index contributed by atoms with van der Waals surface area (Å²) < 4.78 is 11.8. The largest absolute Gasteiger partial charge is 0.493 e. The minimum atomic E-state index is 0.324. The predicted octanol–water partition coefficient (Wildman–Crippen LogP) is 5.61. The highest BCUT2D eigenvalue weighted by atomic mass is 16.5. The molecule has 0 fully saturated rings. The van der Waals surface area contributed by atoms with Crippen molar-refractivity contribution in [2.75, 3.05) is 6.61 Å². The predicted molar refractivity (Wildman–Crippen MR) is 114 cm³/mol. The van der Waals surface area contributed by atoms with Gasteiger partial charge in [0.25, 0.3) is 0 Å². The van der Waals surface area contributed by atoms with E-state index < -0.39 is 0 Å². The summed E-state index contributed by atoms with van der Waals surface area (Å²) in [5.41, 5.74) is 8.54. The topological polar surface area (TPSA) is 68.3 Å². The lowest BCUT2D eigenvalue weighted by atomic mass is 10.0. The van der Waals surface area contributed by atoms with Crippen molar-refractivity contribution in [3.8, 4) is 17.2 Å². The van der Waals surface area contributed by atoms with Gasteiger partial charge in [-0.25, -0.2) is 0 Å². The molecule has 0 aliphatic rings. The summed E-state index contributed by atoms with van der Waals surface area (Å²) in [5.74, 6) is 2.59. The van der Waals surface area contributed by atoms with Crippen LogP contribution in [0.15, 0.2) is 84.9 Å². The zero-order chi connectivity index (χ0) is 19.8. The highest BCUT2D eigenvalue weighted by Gasteiger charge is 2.06. The van der Waals surface area contributed by atoms with Crippen LogP contribution in [0.3, 0.4) is 0 Å². The monoisotopic (exact) mass is 372 g/mol. The Hall–Kier alpha value is -3.53. The first kappa shape index (κ1) is 19.2. The van der Waals surface area contributed by atoms with Crippen molar-refractivity contribution in [1.82, 2.24) is 0 Å². The second-order valence-corrected chi connectivity index (χ2v) is 6.51. The highest BCUT2D eigenvalue weighted by Crippen LogP contribution is 2.25. The van der Waals surface area contributed by atoms with Crippen molar-refractivity contribution < 1.29 is 9.47 Å². The first-order chi connectivity index (χ1) is 13.7. The molecule has 0 bridgehead atoms. The van der Waals surface area contributed by atoms with Crippen molar-refractivity contribution in [3.05, 3.63) is 96.1 Å². The maximum absolute atomic E-state index is 7.07. The lowest BCUT2D eigenvalue weighted by molar-refractivity contribution is 0.295. The fourth-order valence-electron chi connectivity index (χ4n) is 2.74. The zero-order valence-corrected chi connectivity index (χ0v) is 15.8. The lowest BCUT2D eigenvalue weighted by Crippen LogP contribution is -2.06. The van der Waals surface area contributed by atoms with Gasteiger partial charge >= 0.3 is 0 Å². The van der Waals surface area contributed by atoms with E-state index in [1.54, 1.807) is 6.08 Å². The Morgan fingerprint density at radius 3 is 2.07 bits per heavy atom. The van der Waals surface area contributed by atoms with E-state index in [4.69, 9.17) is 20.6 Å². The van der Waals surface area contributed by atoms with Crippen LogP contribution >= 0.6 is 0 Å². The summed E-state index contributed by atoms with van der Waals surface area (Å²) >= 11 is 0. The van der Waals surface area contributed by atoms with E-state index in [0.717, 1.165) is 22.8 Å². The van der Waals surface area contributed by atoms with Crippen LogP contribution < -0.4 is 15.2 Å². The SMILES string of the molecule is CC(COc1ccc(Oc2ccc(/C(N)=C/C=N)cc2)cc1)c1ccccc1. The van der Waals surface area contributed by atoms with Gasteiger partial charge in [-0.15, -0.1) is 0 Å². The molecule has 0 aliphatic heterocycles. The average molecular weight is 372 g/mol. The first-order valence-corrected chi connectivity index (χ1v) is 9.18. The van der Waals surface area contributed by atoms with Crippen LogP contribution in [0.1, 0.15) is 24.0 Å². The van der Waals surface area contributed by atoms with E-state index in [0.29, 0.717) is 18.2 Å². The number of nitrogens with one attached hydrogen (secondary N) is 1. The second kappa shape index (κ2) is 9.42. The van der Waals surface area contributed by atoms with E-state index in [1.165, 1.54) is 11.8 Å². The number of ether oxygens (including phenoxy) is 2. The van der Waals surface area contributed by atoms with Crippen LogP contribution in [0.25, 0.3) is 5.70 Å². The van der Waals surface area contributed by atoms with E-state index in [-0.39, 0.29) is 0 Å². The molecule has 3 N–H and O–H groups in total. The van der Waals surface area contributed by atoms with Crippen LogP contribution in [-0.2, 0) is 0 Å². The molecular formula is C24H24N2O2. The van der Waals surface area contributed by atoms with Crippen molar-refractivity contribution in [1.29, 1.82) is 5.41 Å². The van der Waals surface area contributed by atoms with Crippen LogP contribution in [0.4, 0.5) is 0 Å². The van der Waals surface area contributed by atoms with Crippen molar-refractivity contribution in [3.63, 3.8) is 0 Å². The quantitative estimate of drug-likeness (QED) is 0.505. The van der Waals surface area contributed by atoms with Gasteiger partial charge in [0.1, 0.15) is 17.2 Å². The molecule has 1 atom stereocenters. The number of hydrogen-bond acceptors (Lipinski definition) is 4. The molecule has 0 aliphatic carbocycles. The third kappa shape index (κ3) is 5.24. The average Bonchev–Trinajstić information content (AvgIpc) is 2.74. The molecule has 1 unspecified atom stereocenters. The normalized spacial score (nSPS) is 12.2. The molecule has 3 aromatic carbocycles. The van der Waals surface area contributed by atoms with E-state index in [9.17, 15) is 0 Å². The molecule has 142 valence electrons. The Balaban J connectivity index is 1.55. The van der Waals surface area contributed by atoms with Gasteiger partial charge in [0.15, 0.2) is 0 Å². The van der Waals surface area contributed by atoms with E-state index >= 15 is 0 Å². The molecule has 0 aromatic heterocycles. The minimum Gasteiger partial charge on any atom is -0.493 e. The smallest absolute Gasteiger partial charge is 0.127 e. The molecule has 3 aromatic rings. The van der Waals surface area contributed by atoms with E-state index in [1.807, 2.05) is 66.7 Å². The third-order valence-corrected chi connectivity index (χ3v) is 4.38. The van der Waals surface area contributed by atoms with Gasteiger partial charge in [0.05, 0.1) is 6.61 Å². The fraction of sp³-hybridized carbons (Fsp3) is 0.125. The van der Waals surface area contributed by atoms with Crippen molar-refractivity contribution in [2.45, 2.75) is 12.8 Å². The molecule has 0 spiro atoms. The molecule has 0 heterocycles. The highest BCUT2D eigenvalue weighted by molar-refractivity contribution is 5.81. The number of nitrogens with two attached hydrogens (primary N) is 1. The van der Waals surface area contributed by atoms with Gasteiger partial charge in [-0.3, -0.25) is 0 Å². The number of benzene rings is 3. The summed E-state index contributed by atoms with van der Waals surface area (Å²) in [4.78, 5) is 0. The molecular weight excluding hydrogens is 348 g/mol. The molecule has 0 saturated heterocycles. The molecule has 4 nitrogen and oxygen atoms in total. The number of allylic oxidation sites excluding steroid dienone is 1.